The summed E-state index contributed by atoms with van der Waals surface area (Å²) in [6, 6.07) is 6.91. The minimum absolute atomic E-state index is 0.109. The number of nitrogens with one attached hydrogen (secondary N) is 1. The Morgan fingerprint density at radius 2 is 1.81 bits per heavy atom. The van der Waals surface area contributed by atoms with Crippen molar-refractivity contribution in [3.63, 3.8) is 0 Å². The number of carboxylic acids is 1. The normalized spacial score (nSPS) is 13.7. The SMILES string of the molecule is CCCc1ccc(C(=O)C(CC(=O)O)NC(C)CC)cc1. The minimum atomic E-state index is -0.966. The molecule has 1 aromatic carbocycles. The Morgan fingerprint density at radius 1 is 1.19 bits per heavy atom. The monoisotopic (exact) mass is 291 g/mol. The maximum atomic E-state index is 12.5. The van der Waals surface area contributed by atoms with E-state index in [4.69, 9.17) is 5.11 Å². The van der Waals surface area contributed by atoms with Crippen LogP contribution in [0.4, 0.5) is 0 Å². The van der Waals surface area contributed by atoms with Crippen LogP contribution in [-0.2, 0) is 11.2 Å². The number of aliphatic carboxylic acids is 1. The fraction of sp³-hybridized carbons (Fsp3) is 0.529. The highest BCUT2D eigenvalue weighted by molar-refractivity contribution is 6.01. The van der Waals surface area contributed by atoms with Crippen LogP contribution >= 0.6 is 0 Å². The Labute approximate surface area is 126 Å². The zero-order valence-corrected chi connectivity index (χ0v) is 13.1. The second-order valence-corrected chi connectivity index (χ2v) is 5.44. The summed E-state index contributed by atoms with van der Waals surface area (Å²) in [6.45, 7) is 6.06. The third kappa shape index (κ3) is 5.68. The fourth-order valence-electron chi connectivity index (χ4n) is 2.19. The third-order valence-corrected chi connectivity index (χ3v) is 3.57. The maximum absolute atomic E-state index is 12.5. The molecule has 21 heavy (non-hydrogen) atoms. The molecule has 1 rings (SSSR count). The smallest absolute Gasteiger partial charge is 0.305 e. The Bertz CT molecular complexity index is 467. The molecule has 4 heteroatoms. The minimum Gasteiger partial charge on any atom is -0.481 e. The van der Waals surface area contributed by atoms with Crippen molar-refractivity contribution in [1.82, 2.24) is 5.32 Å². The molecule has 0 bridgehead atoms. The molecule has 0 aliphatic carbocycles. The molecule has 0 aromatic heterocycles. The van der Waals surface area contributed by atoms with E-state index < -0.39 is 12.0 Å². The molecule has 0 aliphatic heterocycles. The zero-order valence-electron chi connectivity index (χ0n) is 13.1. The largest absolute Gasteiger partial charge is 0.481 e. The number of carbonyl (C=O) groups excluding carboxylic acids is 1. The molecule has 0 saturated heterocycles. The van der Waals surface area contributed by atoms with Gasteiger partial charge in [-0.3, -0.25) is 9.59 Å². The van der Waals surface area contributed by atoms with Gasteiger partial charge < -0.3 is 10.4 Å². The predicted octanol–water partition coefficient (Wildman–Crippen LogP) is 3.05. The first-order valence-corrected chi connectivity index (χ1v) is 7.58. The van der Waals surface area contributed by atoms with Crippen LogP contribution in [0.2, 0.25) is 0 Å². The number of benzene rings is 1. The summed E-state index contributed by atoms with van der Waals surface area (Å²) in [5.74, 6) is -1.12. The lowest BCUT2D eigenvalue weighted by molar-refractivity contribution is -0.137. The maximum Gasteiger partial charge on any atom is 0.305 e. The lowest BCUT2D eigenvalue weighted by atomic mass is 9.98. The highest BCUT2D eigenvalue weighted by atomic mass is 16.4. The highest BCUT2D eigenvalue weighted by Crippen LogP contribution is 2.11. The Balaban J connectivity index is 2.85. The summed E-state index contributed by atoms with van der Waals surface area (Å²) in [5, 5.41) is 12.1. The molecule has 0 spiro atoms. The van der Waals surface area contributed by atoms with E-state index in [0.29, 0.717) is 5.56 Å². The summed E-state index contributed by atoms with van der Waals surface area (Å²) in [5.41, 5.74) is 1.76. The van der Waals surface area contributed by atoms with Crippen molar-refractivity contribution in [1.29, 1.82) is 0 Å². The van der Waals surface area contributed by atoms with Gasteiger partial charge in [0.25, 0.3) is 0 Å². The first-order valence-electron chi connectivity index (χ1n) is 7.58. The number of rotatable bonds is 9. The molecule has 0 fully saturated rings. The van der Waals surface area contributed by atoms with E-state index >= 15 is 0 Å². The predicted molar refractivity (Wildman–Crippen MR) is 83.7 cm³/mol. The average molecular weight is 291 g/mol. The van der Waals surface area contributed by atoms with Crippen LogP contribution in [0.1, 0.15) is 56.0 Å². The van der Waals surface area contributed by atoms with Crippen molar-refractivity contribution in [2.75, 3.05) is 0 Å². The molecule has 0 aliphatic rings. The van der Waals surface area contributed by atoms with Crippen molar-refractivity contribution in [2.45, 2.75) is 58.5 Å². The topological polar surface area (TPSA) is 66.4 Å². The van der Waals surface area contributed by atoms with Crippen LogP contribution in [0, 0.1) is 0 Å². The second kappa shape index (κ2) is 8.57. The van der Waals surface area contributed by atoms with E-state index in [0.717, 1.165) is 19.3 Å². The number of hydrogen-bond acceptors (Lipinski definition) is 3. The van der Waals surface area contributed by atoms with Crippen LogP contribution in [0.3, 0.4) is 0 Å². The molecule has 0 saturated carbocycles. The van der Waals surface area contributed by atoms with E-state index in [1.165, 1.54) is 5.56 Å². The van der Waals surface area contributed by atoms with Gasteiger partial charge in [0.1, 0.15) is 0 Å². The third-order valence-electron chi connectivity index (χ3n) is 3.57. The number of carboxylic acid groups (broad SMARTS) is 1. The van der Waals surface area contributed by atoms with Crippen LogP contribution in [0.25, 0.3) is 0 Å². The molecule has 0 amide bonds. The van der Waals surface area contributed by atoms with E-state index in [-0.39, 0.29) is 18.2 Å². The molecule has 2 atom stereocenters. The molecular formula is C17H25NO3. The van der Waals surface area contributed by atoms with Gasteiger partial charge in [-0.2, -0.15) is 0 Å². The summed E-state index contributed by atoms with van der Waals surface area (Å²) < 4.78 is 0. The van der Waals surface area contributed by atoms with E-state index in [1.54, 1.807) is 12.1 Å². The molecule has 0 heterocycles. The van der Waals surface area contributed by atoms with Crippen LogP contribution < -0.4 is 5.32 Å². The van der Waals surface area contributed by atoms with Gasteiger partial charge in [0.2, 0.25) is 0 Å². The zero-order chi connectivity index (χ0) is 15.8. The molecule has 2 N–H and O–H groups in total. The lowest BCUT2D eigenvalue weighted by Gasteiger charge is -2.20. The summed E-state index contributed by atoms with van der Waals surface area (Å²) >= 11 is 0. The van der Waals surface area contributed by atoms with Gasteiger partial charge in [-0.05, 0) is 25.3 Å². The first-order chi connectivity index (χ1) is 9.97. The van der Waals surface area contributed by atoms with E-state index in [2.05, 4.69) is 12.2 Å². The summed E-state index contributed by atoms with van der Waals surface area (Å²) in [7, 11) is 0. The Morgan fingerprint density at radius 3 is 2.29 bits per heavy atom. The molecule has 116 valence electrons. The highest BCUT2D eigenvalue weighted by Gasteiger charge is 2.23. The average Bonchev–Trinajstić information content (AvgIpc) is 2.46. The van der Waals surface area contributed by atoms with Crippen molar-refractivity contribution >= 4 is 11.8 Å². The van der Waals surface area contributed by atoms with E-state index in [1.807, 2.05) is 26.0 Å². The molecule has 4 nitrogen and oxygen atoms in total. The first kappa shape index (κ1) is 17.4. The van der Waals surface area contributed by atoms with Crippen molar-refractivity contribution in [3.05, 3.63) is 35.4 Å². The van der Waals surface area contributed by atoms with Gasteiger partial charge in [-0.25, -0.2) is 0 Å². The van der Waals surface area contributed by atoms with Crippen molar-refractivity contribution in [2.24, 2.45) is 0 Å². The summed E-state index contributed by atoms with van der Waals surface area (Å²) in [4.78, 5) is 23.4. The Kier molecular flexibility index (Phi) is 7.09. The number of ketones is 1. The molecule has 2 unspecified atom stereocenters. The fourth-order valence-corrected chi connectivity index (χ4v) is 2.19. The number of Topliss-reactive ketones (excluding diaryl/α,β-unsaturated/α-hetero) is 1. The Hall–Kier alpha value is -1.68. The second-order valence-electron chi connectivity index (χ2n) is 5.44. The van der Waals surface area contributed by atoms with E-state index in [9.17, 15) is 9.59 Å². The van der Waals surface area contributed by atoms with Crippen LogP contribution in [0.5, 0.6) is 0 Å². The van der Waals surface area contributed by atoms with Gasteiger partial charge >= 0.3 is 5.97 Å². The molecular weight excluding hydrogens is 266 g/mol. The summed E-state index contributed by atoms with van der Waals surface area (Å²) in [6.07, 6.45) is 2.70. The standard InChI is InChI=1S/C17H25NO3/c1-4-6-13-7-9-14(10-8-13)17(21)15(11-16(19)20)18-12(3)5-2/h7-10,12,15,18H,4-6,11H2,1-3H3,(H,19,20). The van der Waals surface area contributed by atoms with Gasteiger partial charge in [0.15, 0.2) is 5.78 Å². The van der Waals surface area contributed by atoms with Crippen LogP contribution in [-0.4, -0.2) is 28.9 Å². The molecule has 1 aromatic rings. The molecule has 0 radical (unpaired) electrons. The number of carbonyl (C=O) groups is 2. The van der Waals surface area contributed by atoms with Crippen molar-refractivity contribution in [3.8, 4) is 0 Å². The lowest BCUT2D eigenvalue weighted by Crippen LogP contribution is -2.43. The van der Waals surface area contributed by atoms with Gasteiger partial charge in [0, 0.05) is 11.6 Å². The van der Waals surface area contributed by atoms with Crippen molar-refractivity contribution < 1.29 is 14.7 Å². The van der Waals surface area contributed by atoms with Gasteiger partial charge in [0.05, 0.1) is 12.5 Å². The van der Waals surface area contributed by atoms with Gasteiger partial charge in [-0.1, -0.05) is 44.5 Å². The van der Waals surface area contributed by atoms with Gasteiger partial charge in [-0.15, -0.1) is 0 Å². The number of hydrogen-bond donors (Lipinski definition) is 2. The quantitative estimate of drug-likeness (QED) is 0.686. The number of aryl methyl sites for hydroxylation is 1. The van der Waals surface area contributed by atoms with Crippen LogP contribution in [0.15, 0.2) is 24.3 Å².